The van der Waals surface area contributed by atoms with Crippen molar-refractivity contribution in [3.05, 3.63) is 48.5 Å². The summed E-state index contributed by atoms with van der Waals surface area (Å²) in [6.45, 7) is 3.84. The molecule has 7 nitrogen and oxygen atoms in total. The topological polar surface area (TPSA) is 83.9 Å². The molecule has 0 bridgehead atoms. The first-order valence-corrected chi connectivity index (χ1v) is 9.17. The van der Waals surface area contributed by atoms with Gasteiger partial charge in [0.2, 0.25) is 5.91 Å². The SMILES string of the molecule is CC1(C)C(=O)N(C2CC(Nc3ccc4ncccc4n3)C2)c2nccnc21. The summed E-state index contributed by atoms with van der Waals surface area (Å²) in [6.07, 6.45) is 6.81. The summed E-state index contributed by atoms with van der Waals surface area (Å²) in [5.41, 5.74) is 1.92. The molecule has 1 N–H and O–H groups in total. The zero-order valence-corrected chi connectivity index (χ0v) is 15.3. The Morgan fingerprint density at radius 1 is 1.04 bits per heavy atom. The Labute approximate surface area is 156 Å². The van der Waals surface area contributed by atoms with Crippen molar-refractivity contribution in [1.29, 1.82) is 0 Å². The van der Waals surface area contributed by atoms with E-state index in [1.54, 1.807) is 18.6 Å². The zero-order chi connectivity index (χ0) is 18.6. The normalized spacial score (nSPS) is 23.2. The molecule has 1 amide bonds. The summed E-state index contributed by atoms with van der Waals surface area (Å²) >= 11 is 0. The van der Waals surface area contributed by atoms with Crippen molar-refractivity contribution in [3.8, 4) is 0 Å². The fraction of sp³-hybridized carbons (Fsp3) is 0.350. The average Bonchev–Trinajstić information content (AvgIpc) is 2.85. The minimum absolute atomic E-state index is 0.0852. The second-order valence-corrected chi connectivity index (χ2v) is 7.73. The van der Waals surface area contributed by atoms with Gasteiger partial charge in [-0.15, -0.1) is 0 Å². The van der Waals surface area contributed by atoms with Gasteiger partial charge in [-0.2, -0.15) is 0 Å². The zero-order valence-electron chi connectivity index (χ0n) is 15.3. The number of pyridine rings is 2. The lowest BCUT2D eigenvalue weighted by molar-refractivity contribution is -0.123. The number of nitrogens with one attached hydrogen (secondary N) is 1. The first-order chi connectivity index (χ1) is 13.0. The van der Waals surface area contributed by atoms with E-state index in [1.165, 1.54) is 0 Å². The van der Waals surface area contributed by atoms with Crippen LogP contribution in [-0.4, -0.2) is 37.9 Å². The molecule has 3 aromatic heterocycles. The van der Waals surface area contributed by atoms with Crippen LogP contribution < -0.4 is 10.2 Å². The molecule has 2 aliphatic rings. The molecular formula is C20H20N6O. The Hall–Kier alpha value is -3.09. The Morgan fingerprint density at radius 2 is 1.85 bits per heavy atom. The van der Waals surface area contributed by atoms with Crippen LogP contribution >= 0.6 is 0 Å². The quantitative estimate of drug-likeness (QED) is 0.773. The highest BCUT2D eigenvalue weighted by Crippen LogP contribution is 2.43. The number of fused-ring (bicyclic) bond motifs is 2. The Balaban J connectivity index is 1.31. The molecule has 3 aromatic rings. The van der Waals surface area contributed by atoms with Gasteiger partial charge in [0.05, 0.1) is 22.1 Å². The van der Waals surface area contributed by atoms with Crippen LogP contribution in [-0.2, 0) is 10.2 Å². The fourth-order valence-corrected chi connectivity index (χ4v) is 3.95. The Kier molecular flexibility index (Phi) is 3.40. The van der Waals surface area contributed by atoms with E-state index >= 15 is 0 Å². The van der Waals surface area contributed by atoms with Gasteiger partial charge in [0, 0.05) is 30.7 Å². The number of hydrogen-bond donors (Lipinski definition) is 1. The molecule has 1 fully saturated rings. The second-order valence-electron chi connectivity index (χ2n) is 7.73. The molecule has 4 heterocycles. The maximum atomic E-state index is 12.9. The third-order valence-electron chi connectivity index (χ3n) is 5.54. The van der Waals surface area contributed by atoms with Crippen LogP contribution in [0.5, 0.6) is 0 Å². The van der Waals surface area contributed by atoms with Gasteiger partial charge in [-0.1, -0.05) is 0 Å². The number of rotatable bonds is 3. The van der Waals surface area contributed by atoms with Gasteiger partial charge in [0.25, 0.3) is 0 Å². The van der Waals surface area contributed by atoms with Crippen molar-refractivity contribution in [1.82, 2.24) is 19.9 Å². The number of hydrogen-bond acceptors (Lipinski definition) is 6. The van der Waals surface area contributed by atoms with Gasteiger partial charge < -0.3 is 5.32 Å². The van der Waals surface area contributed by atoms with E-state index < -0.39 is 5.41 Å². The van der Waals surface area contributed by atoms with E-state index in [1.807, 2.05) is 43.0 Å². The van der Waals surface area contributed by atoms with Crippen LogP contribution in [0.25, 0.3) is 11.0 Å². The molecule has 0 spiro atoms. The molecule has 1 saturated carbocycles. The monoisotopic (exact) mass is 360 g/mol. The maximum absolute atomic E-state index is 12.9. The van der Waals surface area contributed by atoms with Crippen molar-refractivity contribution in [2.75, 3.05) is 10.2 Å². The first-order valence-electron chi connectivity index (χ1n) is 9.17. The smallest absolute Gasteiger partial charge is 0.240 e. The lowest BCUT2D eigenvalue weighted by Gasteiger charge is -2.41. The van der Waals surface area contributed by atoms with Gasteiger partial charge >= 0.3 is 0 Å². The van der Waals surface area contributed by atoms with Gasteiger partial charge in [-0.3, -0.25) is 19.7 Å². The van der Waals surface area contributed by atoms with Crippen LogP contribution in [0.4, 0.5) is 11.6 Å². The van der Waals surface area contributed by atoms with Crippen LogP contribution in [0.15, 0.2) is 42.9 Å². The molecular weight excluding hydrogens is 340 g/mol. The molecule has 0 unspecified atom stereocenters. The molecule has 5 rings (SSSR count). The summed E-state index contributed by atoms with van der Waals surface area (Å²) in [7, 11) is 0. The van der Waals surface area contributed by atoms with E-state index in [2.05, 4.69) is 25.3 Å². The summed E-state index contributed by atoms with van der Waals surface area (Å²) in [4.78, 5) is 32.5. The summed E-state index contributed by atoms with van der Waals surface area (Å²) in [5.74, 6) is 1.64. The van der Waals surface area contributed by atoms with E-state index in [-0.39, 0.29) is 18.0 Å². The molecule has 0 radical (unpaired) electrons. The predicted molar refractivity (Wildman–Crippen MR) is 103 cm³/mol. The predicted octanol–water partition coefficient (Wildman–Crippen LogP) is 2.69. The highest BCUT2D eigenvalue weighted by molar-refractivity contribution is 6.06. The van der Waals surface area contributed by atoms with Crippen molar-refractivity contribution >= 4 is 28.6 Å². The summed E-state index contributed by atoms with van der Waals surface area (Å²) in [5, 5.41) is 3.47. The van der Waals surface area contributed by atoms with Crippen molar-refractivity contribution < 1.29 is 4.79 Å². The number of carbonyl (C=O) groups excluding carboxylic acids is 1. The van der Waals surface area contributed by atoms with Gasteiger partial charge in [-0.25, -0.2) is 9.97 Å². The lowest BCUT2D eigenvalue weighted by Crippen LogP contribution is -2.53. The molecule has 0 atom stereocenters. The fourth-order valence-electron chi connectivity index (χ4n) is 3.95. The van der Waals surface area contributed by atoms with Crippen molar-refractivity contribution in [2.24, 2.45) is 0 Å². The standard InChI is InChI=1S/C20H20N6O/c1-20(2)17-18(23-9-8-22-17)26(19(20)27)13-10-12(11-13)24-16-6-5-14-15(25-16)4-3-7-21-14/h3-9,12-13H,10-11H2,1-2H3,(H,24,25). The van der Waals surface area contributed by atoms with Crippen LogP contribution in [0.1, 0.15) is 32.4 Å². The molecule has 0 saturated heterocycles. The largest absolute Gasteiger partial charge is 0.367 e. The Morgan fingerprint density at radius 3 is 2.70 bits per heavy atom. The van der Waals surface area contributed by atoms with Crippen LogP contribution in [0.3, 0.4) is 0 Å². The van der Waals surface area contributed by atoms with Gasteiger partial charge in [-0.05, 0) is 51.0 Å². The lowest BCUT2D eigenvalue weighted by atomic mass is 9.84. The van der Waals surface area contributed by atoms with Crippen LogP contribution in [0, 0.1) is 0 Å². The first kappa shape index (κ1) is 16.1. The molecule has 7 heteroatoms. The number of aromatic nitrogens is 4. The van der Waals surface area contributed by atoms with Gasteiger partial charge in [0.1, 0.15) is 5.82 Å². The average molecular weight is 360 g/mol. The molecule has 0 aromatic carbocycles. The van der Waals surface area contributed by atoms with E-state index in [0.29, 0.717) is 5.82 Å². The number of nitrogens with zero attached hydrogens (tertiary/aromatic N) is 5. The number of anilines is 2. The van der Waals surface area contributed by atoms with E-state index in [0.717, 1.165) is 35.4 Å². The van der Waals surface area contributed by atoms with E-state index in [9.17, 15) is 4.79 Å². The third kappa shape index (κ3) is 2.45. The third-order valence-corrected chi connectivity index (χ3v) is 5.54. The highest BCUT2D eigenvalue weighted by Gasteiger charge is 2.51. The minimum atomic E-state index is -0.616. The van der Waals surface area contributed by atoms with Crippen LogP contribution in [0.2, 0.25) is 0 Å². The Bertz CT molecular complexity index is 1040. The summed E-state index contributed by atoms with van der Waals surface area (Å²) < 4.78 is 0. The number of carbonyl (C=O) groups is 1. The summed E-state index contributed by atoms with van der Waals surface area (Å²) in [6, 6.07) is 8.20. The molecule has 27 heavy (non-hydrogen) atoms. The maximum Gasteiger partial charge on any atom is 0.240 e. The van der Waals surface area contributed by atoms with E-state index in [4.69, 9.17) is 0 Å². The molecule has 1 aliphatic heterocycles. The van der Waals surface area contributed by atoms with Crippen molar-refractivity contribution in [3.63, 3.8) is 0 Å². The van der Waals surface area contributed by atoms with Crippen molar-refractivity contribution in [2.45, 2.75) is 44.2 Å². The highest BCUT2D eigenvalue weighted by atomic mass is 16.2. The van der Waals surface area contributed by atoms with Gasteiger partial charge in [0.15, 0.2) is 5.82 Å². The molecule has 136 valence electrons. The molecule has 1 aliphatic carbocycles. The number of amides is 1. The minimum Gasteiger partial charge on any atom is -0.367 e. The second kappa shape index (κ2) is 5.70.